The van der Waals surface area contributed by atoms with E-state index in [1.54, 1.807) is 6.21 Å². The first kappa shape index (κ1) is 21.9. The summed E-state index contributed by atoms with van der Waals surface area (Å²) < 4.78 is 11.2. The Hall–Kier alpha value is -2.82. The number of nitrogens with one attached hydrogen (secondary N) is 1. The molecular formula is C25H32N2O3. The summed E-state index contributed by atoms with van der Waals surface area (Å²) in [7, 11) is 0. The van der Waals surface area contributed by atoms with Gasteiger partial charge in [0.1, 0.15) is 0 Å². The minimum absolute atomic E-state index is 0.0121. The Morgan fingerprint density at radius 1 is 1.07 bits per heavy atom. The summed E-state index contributed by atoms with van der Waals surface area (Å²) in [6, 6.07) is 14.2. The quantitative estimate of drug-likeness (QED) is 0.492. The Morgan fingerprint density at radius 2 is 1.73 bits per heavy atom. The van der Waals surface area contributed by atoms with Crippen molar-refractivity contribution in [3.63, 3.8) is 0 Å². The van der Waals surface area contributed by atoms with Gasteiger partial charge in [0.2, 0.25) is 5.91 Å². The lowest BCUT2D eigenvalue weighted by molar-refractivity contribution is -0.122. The number of amides is 1. The van der Waals surface area contributed by atoms with Crippen molar-refractivity contribution in [1.29, 1.82) is 0 Å². The summed E-state index contributed by atoms with van der Waals surface area (Å²) in [6.45, 7) is 11.6. The van der Waals surface area contributed by atoms with Gasteiger partial charge in [-0.2, -0.15) is 5.10 Å². The molecule has 5 heteroatoms. The van der Waals surface area contributed by atoms with Crippen LogP contribution in [0.2, 0.25) is 0 Å². The maximum Gasteiger partial charge on any atom is 0.243 e. The van der Waals surface area contributed by atoms with Crippen LogP contribution in [0.5, 0.6) is 11.5 Å². The molecule has 2 aromatic rings. The first-order chi connectivity index (χ1) is 14.3. The zero-order chi connectivity index (χ0) is 21.7. The number of nitrogens with zero attached hydrogens (tertiary/aromatic N) is 1. The Kier molecular flexibility index (Phi) is 6.80. The van der Waals surface area contributed by atoms with E-state index in [1.807, 2.05) is 32.0 Å². The van der Waals surface area contributed by atoms with E-state index in [0.29, 0.717) is 24.7 Å². The van der Waals surface area contributed by atoms with Crippen LogP contribution >= 0.6 is 0 Å². The van der Waals surface area contributed by atoms with Crippen molar-refractivity contribution < 1.29 is 14.3 Å². The van der Waals surface area contributed by atoms with Crippen LogP contribution < -0.4 is 14.9 Å². The number of benzene rings is 2. The third-order valence-corrected chi connectivity index (χ3v) is 5.29. The molecule has 0 bridgehead atoms. The van der Waals surface area contributed by atoms with Crippen molar-refractivity contribution in [1.82, 2.24) is 5.43 Å². The second-order valence-electron chi connectivity index (χ2n) is 8.63. The van der Waals surface area contributed by atoms with Crippen LogP contribution in [0.25, 0.3) is 0 Å². The molecule has 1 amide bonds. The van der Waals surface area contributed by atoms with E-state index in [4.69, 9.17) is 9.47 Å². The first-order valence-corrected chi connectivity index (χ1v) is 10.7. The number of hydrogen-bond donors (Lipinski definition) is 1. The Balaban J connectivity index is 1.56. The van der Waals surface area contributed by atoms with Crippen molar-refractivity contribution in [3.05, 3.63) is 59.2 Å². The van der Waals surface area contributed by atoms with E-state index in [-0.39, 0.29) is 23.2 Å². The predicted octanol–water partition coefficient (Wildman–Crippen LogP) is 5.04. The highest BCUT2D eigenvalue weighted by molar-refractivity contribution is 5.86. The van der Waals surface area contributed by atoms with Gasteiger partial charge >= 0.3 is 0 Å². The summed E-state index contributed by atoms with van der Waals surface area (Å²) in [6.07, 6.45) is 2.50. The molecule has 1 aliphatic carbocycles. The van der Waals surface area contributed by atoms with E-state index in [2.05, 4.69) is 55.6 Å². The van der Waals surface area contributed by atoms with Gasteiger partial charge in [0, 0.05) is 5.92 Å². The van der Waals surface area contributed by atoms with Gasteiger partial charge in [-0.05, 0) is 66.5 Å². The number of rotatable bonds is 8. The standard InChI is InChI=1S/C25H32N2O3/c1-6-29-22-13-8-17(14-23(22)30-7-2)16-26-27-24(28)21-15-20(21)18-9-11-19(12-10-18)25(3,4)5/h8-14,16,20-21H,6-7,15H2,1-5H3,(H,27,28)/t20-,21+/m0/s1. The molecule has 0 aromatic heterocycles. The normalized spacial score (nSPS) is 18.3. The summed E-state index contributed by atoms with van der Waals surface area (Å²) in [5.74, 6) is 1.62. The van der Waals surface area contributed by atoms with E-state index >= 15 is 0 Å². The van der Waals surface area contributed by atoms with E-state index in [9.17, 15) is 4.79 Å². The Labute approximate surface area is 179 Å². The highest BCUT2D eigenvalue weighted by Crippen LogP contribution is 2.47. The molecule has 0 saturated heterocycles. The number of carbonyl (C=O) groups is 1. The molecule has 1 saturated carbocycles. The van der Waals surface area contributed by atoms with Gasteiger partial charge < -0.3 is 9.47 Å². The molecule has 1 N–H and O–H groups in total. The van der Waals surface area contributed by atoms with E-state index in [0.717, 1.165) is 12.0 Å². The van der Waals surface area contributed by atoms with Crippen LogP contribution in [0.1, 0.15) is 63.6 Å². The fraction of sp³-hybridized carbons (Fsp3) is 0.440. The predicted molar refractivity (Wildman–Crippen MR) is 121 cm³/mol. The van der Waals surface area contributed by atoms with Gasteiger partial charge in [0.15, 0.2) is 11.5 Å². The van der Waals surface area contributed by atoms with E-state index < -0.39 is 0 Å². The molecule has 5 nitrogen and oxygen atoms in total. The Morgan fingerprint density at radius 3 is 2.37 bits per heavy atom. The number of hydrogen-bond acceptors (Lipinski definition) is 4. The number of ether oxygens (including phenoxy) is 2. The van der Waals surface area contributed by atoms with Crippen molar-refractivity contribution in [2.24, 2.45) is 11.0 Å². The van der Waals surface area contributed by atoms with Gasteiger partial charge in [-0.25, -0.2) is 5.43 Å². The van der Waals surface area contributed by atoms with Crippen molar-refractivity contribution in [3.8, 4) is 11.5 Å². The van der Waals surface area contributed by atoms with Crippen LogP contribution in [-0.2, 0) is 10.2 Å². The second kappa shape index (κ2) is 9.33. The first-order valence-electron chi connectivity index (χ1n) is 10.7. The number of carbonyl (C=O) groups excluding carboxylic acids is 1. The monoisotopic (exact) mass is 408 g/mol. The van der Waals surface area contributed by atoms with Crippen LogP contribution in [0, 0.1) is 5.92 Å². The van der Waals surface area contributed by atoms with Gasteiger partial charge in [-0.1, -0.05) is 45.0 Å². The molecule has 30 heavy (non-hydrogen) atoms. The summed E-state index contributed by atoms with van der Waals surface area (Å²) >= 11 is 0. The minimum atomic E-state index is -0.0351. The molecule has 160 valence electrons. The molecule has 1 aliphatic rings. The SMILES string of the molecule is CCOc1ccc(C=NNC(=O)[C@@H]2C[C@H]2c2ccc(C(C)(C)C)cc2)cc1OCC. The highest BCUT2D eigenvalue weighted by Gasteiger charge is 2.44. The molecule has 0 heterocycles. The molecule has 0 spiro atoms. The molecule has 0 aliphatic heterocycles. The van der Waals surface area contributed by atoms with Crippen LogP contribution in [0.15, 0.2) is 47.6 Å². The molecule has 3 rings (SSSR count). The summed E-state index contributed by atoms with van der Waals surface area (Å²) in [5, 5.41) is 4.13. The summed E-state index contributed by atoms with van der Waals surface area (Å²) in [5.41, 5.74) is 6.18. The van der Waals surface area contributed by atoms with Gasteiger partial charge in [0.25, 0.3) is 0 Å². The smallest absolute Gasteiger partial charge is 0.243 e. The van der Waals surface area contributed by atoms with Gasteiger partial charge in [0.05, 0.1) is 19.4 Å². The Bertz CT molecular complexity index is 898. The lowest BCUT2D eigenvalue weighted by Gasteiger charge is -2.19. The molecule has 0 unspecified atom stereocenters. The minimum Gasteiger partial charge on any atom is -0.490 e. The van der Waals surface area contributed by atoms with Crippen LogP contribution in [0.3, 0.4) is 0 Å². The zero-order valence-corrected chi connectivity index (χ0v) is 18.6. The zero-order valence-electron chi connectivity index (χ0n) is 18.6. The largest absolute Gasteiger partial charge is 0.490 e. The lowest BCUT2D eigenvalue weighted by atomic mass is 9.86. The maximum absolute atomic E-state index is 12.4. The molecule has 2 atom stereocenters. The summed E-state index contributed by atoms with van der Waals surface area (Å²) in [4.78, 5) is 12.4. The van der Waals surface area contributed by atoms with Crippen LogP contribution in [0.4, 0.5) is 0 Å². The second-order valence-corrected chi connectivity index (χ2v) is 8.63. The lowest BCUT2D eigenvalue weighted by Crippen LogP contribution is -2.20. The maximum atomic E-state index is 12.4. The molecule has 1 fully saturated rings. The van der Waals surface area contributed by atoms with Gasteiger partial charge in [-0.3, -0.25) is 4.79 Å². The van der Waals surface area contributed by atoms with Gasteiger partial charge in [-0.15, -0.1) is 0 Å². The number of hydrazone groups is 1. The fourth-order valence-corrected chi connectivity index (χ4v) is 3.48. The van der Waals surface area contributed by atoms with Crippen molar-refractivity contribution in [2.75, 3.05) is 13.2 Å². The third kappa shape index (κ3) is 5.41. The molecule has 0 radical (unpaired) electrons. The van der Waals surface area contributed by atoms with Crippen LogP contribution in [-0.4, -0.2) is 25.3 Å². The van der Waals surface area contributed by atoms with Crippen molar-refractivity contribution >= 4 is 12.1 Å². The van der Waals surface area contributed by atoms with Crippen molar-refractivity contribution in [2.45, 2.75) is 52.4 Å². The molecule has 2 aromatic carbocycles. The third-order valence-electron chi connectivity index (χ3n) is 5.29. The molecular weight excluding hydrogens is 376 g/mol. The average Bonchev–Trinajstić information content (AvgIpc) is 3.51. The highest BCUT2D eigenvalue weighted by atomic mass is 16.5. The fourth-order valence-electron chi connectivity index (χ4n) is 3.48. The van der Waals surface area contributed by atoms with E-state index in [1.165, 1.54) is 11.1 Å². The topological polar surface area (TPSA) is 59.9 Å². The average molecular weight is 409 g/mol.